The molecule has 1 saturated heterocycles. The predicted molar refractivity (Wildman–Crippen MR) is 105 cm³/mol. The quantitative estimate of drug-likeness (QED) is 0.586. The lowest BCUT2D eigenvalue weighted by Crippen LogP contribution is -2.44. The van der Waals surface area contributed by atoms with Crippen molar-refractivity contribution >= 4 is 11.3 Å². The molecular weight excluding hydrogens is 356 g/mol. The van der Waals surface area contributed by atoms with Gasteiger partial charge in [0.05, 0.1) is 36.7 Å². The summed E-state index contributed by atoms with van der Waals surface area (Å²) in [4.78, 5) is 6.91. The first-order valence-electron chi connectivity index (χ1n) is 9.51. The van der Waals surface area contributed by atoms with E-state index < -0.39 is 0 Å². The number of fused-ring (bicyclic) bond motifs is 1. The van der Waals surface area contributed by atoms with E-state index >= 15 is 0 Å². The van der Waals surface area contributed by atoms with Gasteiger partial charge in [-0.05, 0) is 32.0 Å². The Labute approximate surface area is 161 Å². The summed E-state index contributed by atoms with van der Waals surface area (Å²) in [7, 11) is 0. The zero-order valence-corrected chi connectivity index (χ0v) is 15.9. The molecule has 0 aromatic carbocycles. The molecule has 144 valence electrons. The molecule has 0 spiro atoms. The molecule has 0 bridgehead atoms. The summed E-state index contributed by atoms with van der Waals surface area (Å²) in [5.74, 6) is 1.64. The minimum absolute atomic E-state index is 0.252. The number of aromatic nitrogens is 7. The molecule has 5 rings (SSSR count). The number of hydrogen-bond donors (Lipinski definition) is 1. The highest BCUT2D eigenvalue weighted by molar-refractivity contribution is 5.81. The maximum atomic E-state index is 5.61. The van der Waals surface area contributed by atoms with Crippen molar-refractivity contribution in [2.75, 3.05) is 24.7 Å². The molecule has 28 heavy (non-hydrogen) atoms. The third-order valence-electron chi connectivity index (χ3n) is 5.19. The van der Waals surface area contributed by atoms with Gasteiger partial charge in [-0.15, -0.1) is 5.10 Å². The highest BCUT2D eigenvalue weighted by atomic mass is 16.5. The van der Waals surface area contributed by atoms with E-state index in [1.54, 1.807) is 6.20 Å². The van der Waals surface area contributed by atoms with Gasteiger partial charge in [0.15, 0.2) is 11.6 Å². The Balaban J connectivity index is 1.75. The lowest BCUT2D eigenvalue weighted by Gasteiger charge is -2.34. The summed E-state index contributed by atoms with van der Waals surface area (Å²) in [6.45, 7) is 7.24. The van der Waals surface area contributed by atoms with Gasteiger partial charge in [0.2, 0.25) is 0 Å². The number of imidazole rings is 1. The molecule has 1 atom stereocenters. The van der Waals surface area contributed by atoms with Crippen molar-refractivity contribution in [1.82, 2.24) is 34.6 Å². The molecule has 4 aromatic rings. The topological polar surface area (TPSA) is 89.2 Å². The van der Waals surface area contributed by atoms with Gasteiger partial charge in [-0.3, -0.25) is 9.78 Å². The minimum atomic E-state index is 0.252. The molecule has 1 aliphatic heterocycles. The number of H-pyrrole nitrogens is 1. The van der Waals surface area contributed by atoms with E-state index in [9.17, 15) is 0 Å². The maximum Gasteiger partial charge on any atom is 0.179 e. The number of aromatic amines is 1. The first-order valence-corrected chi connectivity index (χ1v) is 9.51. The van der Waals surface area contributed by atoms with Crippen LogP contribution in [0.1, 0.15) is 13.8 Å². The second-order valence-corrected chi connectivity index (χ2v) is 6.91. The van der Waals surface area contributed by atoms with E-state index in [2.05, 4.69) is 45.1 Å². The van der Waals surface area contributed by atoms with Crippen molar-refractivity contribution in [3.63, 3.8) is 0 Å². The SMILES string of the molecule is CCn1nccc1-c1cc(N2CCOCC2C)nn2c(-c3ccn[nH]3)ncc12. The molecule has 9 nitrogen and oxygen atoms in total. The Morgan fingerprint density at radius 1 is 1.29 bits per heavy atom. The zero-order chi connectivity index (χ0) is 19.1. The monoisotopic (exact) mass is 378 g/mol. The zero-order valence-electron chi connectivity index (χ0n) is 15.9. The first-order chi connectivity index (χ1) is 13.8. The fourth-order valence-corrected chi connectivity index (χ4v) is 3.76. The Morgan fingerprint density at radius 3 is 3.00 bits per heavy atom. The van der Waals surface area contributed by atoms with Crippen LogP contribution in [0, 0.1) is 0 Å². The van der Waals surface area contributed by atoms with Crippen LogP contribution in [0.2, 0.25) is 0 Å². The summed E-state index contributed by atoms with van der Waals surface area (Å²) in [5.41, 5.74) is 3.87. The highest BCUT2D eigenvalue weighted by Gasteiger charge is 2.24. The van der Waals surface area contributed by atoms with Crippen LogP contribution in [0.3, 0.4) is 0 Å². The Morgan fingerprint density at radius 2 is 2.21 bits per heavy atom. The molecule has 1 N–H and O–H groups in total. The highest BCUT2D eigenvalue weighted by Crippen LogP contribution is 2.31. The van der Waals surface area contributed by atoms with Crippen LogP contribution >= 0.6 is 0 Å². The van der Waals surface area contributed by atoms with E-state index in [-0.39, 0.29) is 6.04 Å². The molecule has 5 heterocycles. The van der Waals surface area contributed by atoms with Crippen LogP contribution in [0.5, 0.6) is 0 Å². The van der Waals surface area contributed by atoms with Gasteiger partial charge in [-0.25, -0.2) is 9.50 Å². The van der Waals surface area contributed by atoms with Crippen molar-refractivity contribution in [2.24, 2.45) is 0 Å². The van der Waals surface area contributed by atoms with Gasteiger partial charge in [-0.1, -0.05) is 0 Å². The van der Waals surface area contributed by atoms with E-state index in [4.69, 9.17) is 9.84 Å². The number of nitrogens with zero attached hydrogens (tertiary/aromatic N) is 7. The second-order valence-electron chi connectivity index (χ2n) is 6.91. The third kappa shape index (κ3) is 2.66. The van der Waals surface area contributed by atoms with Crippen molar-refractivity contribution < 1.29 is 4.74 Å². The van der Waals surface area contributed by atoms with E-state index in [0.29, 0.717) is 13.2 Å². The average molecular weight is 378 g/mol. The van der Waals surface area contributed by atoms with Crippen LogP contribution in [0.15, 0.2) is 36.8 Å². The minimum Gasteiger partial charge on any atom is -0.377 e. The molecule has 1 aliphatic rings. The van der Waals surface area contributed by atoms with E-state index in [0.717, 1.165) is 47.2 Å². The van der Waals surface area contributed by atoms with Gasteiger partial charge in [0, 0.05) is 31.0 Å². The van der Waals surface area contributed by atoms with Crippen molar-refractivity contribution in [3.8, 4) is 22.8 Å². The summed E-state index contributed by atoms with van der Waals surface area (Å²) in [6, 6.07) is 6.32. The smallest absolute Gasteiger partial charge is 0.179 e. The van der Waals surface area contributed by atoms with Crippen molar-refractivity contribution in [1.29, 1.82) is 0 Å². The van der Waals surface area contributed by atoms with Gasteiger partial charge < -0.3 is 9.64 Å². The molecule has 1 unspecified atom stereocenters. The Hall–Kier alpha value is -3.20. The standard InChI is InChI=1S/C19H22N8O/c1-3-26-16(5-7-22-26)14-10-18(25-8-9-28-12-13(25)2)24-27-17(14)11-20-19(27)15-4-6-21-23-15/h4-7,10-11,13H,3,8-9,12H2,1-2H3,(H,21,23). The number of nitrogens with one attached hydrogen (secondary N) is 1. The summed E-state index contributed by atoms with van der Waals surface area (Å²) in [6.07, 6.45) is 5.41. The summed E-state index contributed by atoms with van der Waals surface area (Å²) >= 11 is 0. The van der Waals surface area contributed by atoms with Crippen LogP contribution in [-0.2, 0) is 11.3 Å². The lowest BCUT2D eigenvalue weighted by atomic mass is 10.1. The number of ether oxygens (including phenoxy) is 1. The van der Waals surface area contributed by atoms with Crippen LogP contribution in [0.4, 0.5) is 5.82 Å². The fourth-order valence-electron chi connectivity index (χ4n) is 3.76. The summed E-state index contributed by atoms with van der Waals surface area (Å²) < 4.78 is 9.50. The van der Waals surface area contributed by atoms with E-state index in [1.165, 1.54) is 0 Å². The second kappa shape index (κ2) is 6.75. The lowest BCUT2D eigenvalue weighted by molar-refractivity contribution is 0.0984. The van der Waals surface area contributed by atoms with E-state index in [1.807, 2.05) is 33.7 Å². The Bertz CT molecular complexity index is 1100. The molecule has 0 aliphatic carbocycles. The largest absolute Gasteiger partial charge is 0.377 e. The third-order valence-corrected chi connectivity index (χ3v) is 5.19. The molecule has 0 saturated carbocycles. The fraction of sp³-hybridized carbons (Fsp3) is 0.368. The average Bonchev–Trinajstić information content (AvgIpc) is 3.46. The predicted octanol–water partition coefficient (Wildman–Crippen LogP) is 2.23. The molecule has 1 fully saturated rings. The van der Waals surface area contributed by atoms with Gasteiger partial charge in [-0.2, -0.15) is 10.2 Å². The van der Waals surface area contributed by atoms with Crippen molar-refractivity contribution in [3.05, 3.63) is 36.8 Å². The van der Waals surface area contributed by atoms with Gasteiger partial charge in [0.25, 0.3) is 0 Å². The molecule has 9 heteroatoms. The maximum absolute atomic E-state index is 5.61. The number of aryl methyl sites for hydroxylation is 1. The molecule has 0 radical (unpaired) electrons. The number of hydrogen-bond acceptors (Lipinski definition) is 6. The number of anilines is 1. The Kier molecular flexibility index (Phi) is 4.09. The number of morpholine rings is 1. The van der Waals surface area contributed by atoms with Crippen LogP contribution in [-0.4, -0.2) is 60.4 Å². The normalized spacial score (nSPS) is 17.5. The van der Waals surface area contributed by atoms with Crippen molar-refractivity contribution in [2.45, 2.75) is 26.4 Å². The summed E-state index contributed by atoms with van der Waals surface area (Å²) in [5, 5.41) is 16.4. The first kappa shape index (κ1) is 16.9. The van der Waals surface area contributed by atoms with Crippen LogP contribution in [0.25, 0.3) is 28.3 Å². The molecule has 0 amide bonds. The van der Waals surface area contributed by atoms with Crippen LogP contribution < -0.4 is 4.90 Å². The van der Waals surface area contributed by atoms with Gasteiger partial charge >= 0.3 is 0 Å². The molecule has 4 aromatic heterocycles. The van der Waals surface area contributed by atoms with Gasteiger partial charge in [0.1, 0.15) is 5.69 Å². The molecular formula is C19H22N8O. The number of rotatable bonds is 4.